The van der Waals surface area contributed by atoms with Gasteiger partial charge >= 0.3 is 0 Å². The molecular formula is C13H16N4OS. The van der Waals surface area contributed by atoms with Crippen LogP contribution in [0.25, 0.3) is 0 Å². The monoisotopic (exact) mass is 276 g/mol. The summed E-state index contributed by atoms with van der Waals surface area (Å²) in [7, 11) is 0. The molecule has 2 rings (SSSR count). The summed E-state index contributed by atoms with van der Waals surface area (Å²) in [6.07, 6.45) is 0. The van der Waals surface area contributed by atoms with E-state index in [0.29, 0.717) is 11.7 Å². The fourth-order valence-corrected chi connectivity index (χ4v) is 2.66. The van der Waals surface area contributed by atoms with Crippen molar-refractivity contribution in [3.63, 3.8) is 0 Å². The zero-order valence-electron chi connectivity index (χ0n) is 10.8. The number of rotatable bonds is 4. The molecule has 19 heavy (non-hydrogen) atoms. The maximum absolute atomic E-state index is 12.1. The molecule has 0 aromatic carbocycles. The Morgan fingerprint density at radius 1 is 1.32 bits per heavy atom. The van der Waals surface area contributed by atoms with E-state index in [1.165, 1.54) is 0 Å². The molecule has 1 atom stereocenters. The molecule has 100 valence electrons. The Morgan fingerprint density at radius 3 is 2.63 bits per heavy atom. The number of nitrogen functional groups attached to an aromatic ring is 1. The maximum Gasteiger partial charge on any atom is 0.272 e. The van der Waals surface area contributed by atoms with Crippen LogP contribution in [0.1, 0.15) is 35.3 Å². The van der Waals surface area contributed by atoms with E-state index >= 15 is 0 Å². The van der Waals surface area contributed by atoms with Crippen molar-refractivity contribution < 1.29 is 4.79 Å². The first kappa shape index (κ1) is 13.5. The number of carbonyl (C=O) groups excluding carboxylic acids is 1. The summed E-state index contributed by atoms with van der Waals surface area (Å²) in [4.78, 5) is 13.2. The van der Waals surface area contributed by atoms with Crippen LogP contribution in [0.15, 0.2) is 29.6 Å². The molecule has 1 amide bonds. The fourth-order valence-electron chi connectivity index (χ4n) is 1.71. The second-order valence-corrected chi connectivity index (χ2v) is 5.53. The van der Waals surface area contributed by atoms with E-state index in [2.05, 4.69) is 29.4 Å². The van der Waals surface area contributed by atoms with E-state index in [0.717, 1.165) is 4.88 Å². The molecule has 0 saturated heterocycles. The van der Waals surface area contributed by atoms with Crippen LogP contribution in [0, 0.1) is 5.92 Å². The first-order valence-electron chi connectivity index (χ1n) is 6.01. The maximum atomic E-state index is 12.1. The molecule has 0 aliphatic heterocycles. The lowest BCUT2D eigenvalue weighted by molar-refractivity contribution is 0.0920. The summed E-state index contributed by atoms with van der Waals surface area (Å²) in [6, 6.07) is 7.11. The molecule has 5 nitrogen and oxygen atoms in total. The molecule has 3 N–H and O–H groups in total. The van der Waals surface area contributed by atoms with Gasteiger partial charge in [-0.2, -0.15) is 0 Å². The fraction of sp³-hybridized carbons (Fsp3) is 0.308. The van der Waals surface area contributed by atoms with Crippen LogP contribution in [-0.4, -0.2) is 16.1 Å². The molecule has 2 aromatic rings. The van der Waals surface area contributed by atoms with Crippen LogP contribution in [0.5, 0.6) is 0 Å². The van der Waals surface area contributed by atoms with Gasteiger partial charge in [-0.15, -0.1) is 21.5 Å². The summed E-state index contributed by atoms with van der Waals surface area (Å²) in [6.45, 7) is 4.14. The third-order valence-corrected chi connectivity index (χ3v) is 3.68. The van der Waals surface area contributed by atoms with Crippen LogP contribution in [-0.2, 0) is 0 Å². The van der Waals surface area contributed by atoms with Gasteiger partial charge in [0.15, 0.2) is 5.69 Å². The van der Waals surface area contributed by atoms with Crippen LogP contribution >= 0.6 is 11.3 Å². The topological polar surface area (TPSA) is 80.9 Å². The third kappa shape index (κ3) is 3.29. The van der Waals surface area contributed by atoms with Crippen LogP contribution < -0.4 is 11.1 Å². The molecule has 0 bridgehead atoms. The van der Waals surface area contributed by atoms with Gasteiger partial charge in [-0.3, -0.25) is 4.79 Å². The third-order valence-electron chi connectivity index (χ3n) is 2.72. The van der Waals surface area contributed by atoms with Gasteiger partial charge in [0.25, 0.3) is 5.91 Å². The number of hydrogen-bond donors (Lipinski definition) is 2. The number of nitrogens with two attached hydrogens (primary N) is 1. The van der Waals surface area contributed by atoms with Crippen LogP contribution in [0.3, 0.4) is 0 Å². The largest absolute Gasteiger partial charge is 0.382 e. The first-order chi connectivity index (χ1) is 9.08. The first-order valence-corrected chi connectivity index (χ1v) is 6.89. The number of nitrogens with zero attached hydrogens (tertiary/aromatic N) is 2. The Kier molecular flexibility index (Phi) is 4.11. The average molecular weight is 276 g/mol. The molecule has 0 aliphatic rings. The van der Waals surface area contributed by atoms with Gasteiger partial charge in [-0.05, 0) is 29.5 Å². The predicted molar refractivity (Wildman–Crippen MR) is 75.8 cm³/mol. The SMILES string of the molecule is CC(C)C(NC(=O)c1ccc(N)nn1)c1cccs1. The van der Waals surface area contributed by atoms with Crippen molar-refractivity contribution in [2.75, 3.05) is 5.73 Å². The van der Waals surface area contributed by atoms with E-state index in [1.54, 1.807) is 23.5 Å². The highest BCUT2D eigenvalue weighted by molar-refractivity contribution is 7.10. The van der Waals surface area contributed by atoms with E-state index in [9.17, 15) is 4.79 Å². The Hall–Kier alpha value is -1.95. The number of carbonyl (C=O) groups is 1. The number of nitrogens with one attached hydrogen (secondary N) is 1. The number of aromatic nitrogens is 2. The molecule has 0 saturated carbocycles. The lowest BCUT2D eigenvalue weighted by Gasteiger charge is -2.20. The molecular weight excluding hydrogens is 260 g/mol. The molecule has 0 fully saturated rings. The van der Waals surface area contributed by atoms with Crippen molar-refractivity contribution in [2.24, 2.45) is 5.92 Å². The molecule has 2 heterocycles. The van der Waals surface area contributed by atoms with E-state index in [1.807, 2.05) is 17.5 Å². The van der Waals surface area contributed by atoms with Crippen LogP contribution in [0.4, 0.5) is 5.82 Å². The van der Waals surface area contributed by atoms with Crippen molar-refractivity contribution in [3.8, 4) is 0 Å². The lowest BCUT2D eigenvalue weighted by atomic mass is 10.0. The highest BCUT2D eigenvalue weighted by Gasteiger charge is 2.20. The standard InChI is InChI=1S/C13H16N4OS/c1-8(2)12(10-4-3-7-19-10)15-13(18)9-5-6-11(14)17-16-9/h3-8,12H,1-2H3,(H2,14,17)(H,15,18). The Labute approximate surface area is 115 Å². The summed E-state index contributed by atoms with van der Waals surface area (Å²) in [5.74, 6) is 0.360. The van der Waals surface area contributed by atoms with Gasteiger partial charge in [0.05, 0.1) is 6.04 Å². The molecule has 0 spiro atoms. The zero-order chi connectivity index (χ0) is 13.8. The van der Waals surface area contributed by atoms with Gasteiger partial charge in [0, 0.05) is 4.88 Å². The number of anilines is 1. The minimum Gasteiger partial charge on any atom is -0.382 e. The second kappa shape index (κ2) is 5.79. The summed E-state index contributed by atoms with van der Waals surface area (Å²) in [5, 5.41) is 12.5. The van der Waals surface area contributed by atoms with Crippen molar-refractivity contribution in [3.05, 3.63) is 40.2 Å². The second-order valence-electron chi connectivity index (χ2n) is 4.55. The number of hydrogen-bond acceptors (Lipinski definition) is 5. The van der Waals surface area contributed by atoms with Crippen molar-refractivity contribution >= 4 is 23.1 Å². The predicted octanol–water partition coefficient (Wildman–Crippen LogP) is 2.25. The molecule has 1 unspecified atom stereocenters. The molecule has 0 radical (unpaired) electrons. The number of amides is 1. The lowest BCUT2D eigenvalue weighted by Crippen LogP contribution is -2.32. The average Bonchev–Trinajstić information content (AvgIpc) is 2.89. The smallest absolute Gasteiger partial charge is 0.272 e. The van der Waals surface area contributed by atoms with Gasteiger partial charge in [0.1, 0.15) is 5.82 Å². The van der Waals surface area contributed by atoms with Gasteiger partial charge in [0.2, 0.25) is 0 Å². The summed E-state index contributed by atoms with van der Waals surface area (Å²) >= 11 is 1.63. The van der Waals surface area contributed by atoms with Gasteiger partial charge in [-0.25, -0.2) is 0 Å². The van der Waals surface area contributed by atoms with E-state index < -0.39 is 0 Å². The van der Waals surface area contributed by atoms with Gasteiger partial charge < -0.3 is 11.1 Å². The van der Waals surface area contributed by atoms with Crippen molar-refractivity contribution in [1.82, 2.24) is 15.5 Å². The molecule has 2 aromatic heterocycles. The minimum absolute atomic E-state index is 0.0214. The zero-order valence-corrected chi connectivity index (χ0v) is 11.6. The normalized spacial score (nSPS) is 12.4. The van der Waals surface area contributed by atoms with Crippen molar-refractivity contribution in [1.29, 1.82) is 0 Å². The molecule has 0 aliphatic carbocycles. The van der Waals surface area contributed by atoms with Crippen molar-refractivity contribution in [2.45, 2.75) is 19.9 Å². The number of thiophene rings is 1. The highest BCUT2D eigenvalue weighted by Crippen LogP contribution is 2.25. The molecule has 6 heteroatoms. The summed E-state index contributed by atoms with van der Waals surface area (Å²) in [5.41, 5.74) is 5.72. The Bertz CT molecular complexity index is 536. The summed E-state index contributed by atoms with van der Waals surface area (Å²) < 4.78 is 0. The van der Waals surface area contributed by atoms with E-state index in [4.69, 9.17) is 5.73 Å². The highest BCUT2D eigenvalue weighted by atomic mass is 32.1. The quantitative estimate of drug-likeness (QED) is 0.897. The minimum atomic E-state index is -0.236. The Morgan fingerprint density at radius 2 is 2.11 bits per heavy atom. The van der Waals surface area contributed by atoms with Gasteiger partial charge in [-0.1, -0.05) is 19.9 Å². The van der Waals surface area contributed by atoms with Crippen LogP contribution in [0.2, 0.25) is 0 Å². The Balaban J connectivity index is 2.14. The van der Waals surface area contributed by atoms with E-state index in [-0.39, 0.29) is 17.6 Å².